The number of hydrogen-bond donors (Lipinski definition) is 0. The lowest BCUT2D eigenvalue weighted by Crippen LogP contribution is -2.23. The predicted octanol–water partition coefficient (Wildman–Crippen LogP) is 6.98. The highest BCUT2D eigenvalue weighted by molar-refractivity contribution is 6.36. The smallest absolute Gasteiger partial charge is 0.0960 e. The van der Waals surface area contributed by atoms with Crippen LogP contribution in [0.1, 0.15) is 5.56 Å². The molecule has 2 nitrogen and oxygen atoms in total. The molecule has 126 valence electrons. The highest BCUT2D eigenvalue weighted by atomic mass is 35.5. The molecule has 26 heavy (non-hydrogen) atoms. The number of hydrogen-bond acceptors (Lipinski definition) is 2. The van der Waals surface area contributed by atoms with Crippen molar-refractivity contribution in [2.75, 3.05) is 4.90 Å². The van der Waals surface area contributed by atoms with E-state index in [9.17, 15) is 0 Å². The Bertz CT molecular complexity index is 1200. The lowest BCUT2D eigenvalue weighted by molar-refractivity contribution is 1.01. The second kappa shape index (κ2) is 6.01. The third-order valence-corrected chi connectivity index (χ3v) is 5.42. The molecular weight excluding hydrogens is 363 g/mol. The van der Waals surface area contributed by atoms with Gasteiger partial charge in [0.2, 0.25) is 0 Å². The first-order valence-electron chi connectivity index (χ1n) is 8.39. The number of anilines is 1. The van der Waals surface area contributed by atoms with Crippen molar-refractivity contribution in [3.63, 3.8) is 0 Å². The minimum Gasteiger partial charge on any atom is -0.328 e. The topological polar surface area (TPSA) is 15.6 Å². The highest BCUT2D eigenvalue weighted by Crippen LogP contribution is 2.37. The van der Waals surface area contributed by atoms with Crippen molar-refractivity contribution in [2.45, 2.75) is 6.54 Å². The minimum atomic E-state index is 0.720. The molecule has 4 aromatic rings. The number of fused-ring (bicyclic) bond motifs is 4. The summed E-state index contributed by atoms with van der Waals surface area (Å²) in [5.41, 5.74) is 3.23. The fourth-order valence-corrected chi connectivity index (χ4v) is 3.98. The van der Waals surface area contributed by atoms with Gasteiger partial charge in [-0.15, -0.1) is 0 Å². The monoisotopic (exact) mass is 376 g/mol. The van der Waals surface area contributed by atoms with Crippen molar-refractivity contribution in [3.8, 4) is 0 Å². The lowest BCUT2D eigenvalue weighted by atomic mass is 9.97. The van der Waals surface area contributed by atoms with Crippen molar-refractivity contribution in [3.05, 3.63) is 82.3 Å². The zero-order valence-corrected chi connectivity index (χ0v) is 15.3. The summed E-state index contributed by atoms with van der Waals surface area (Å²) >= 11 is 12.6. The molecular formula is C22H14Cl2N2. The van der Waals surface area contributed by atoms with E-state index < -0.39 is 0 Å². The van der Waals surface area contributed by atoms with Crippen LogP contribution in [-0.2, 0) is 6.54 Å². The predicted molar refractivity (Wildman–Crippen MR) is 112 cm³/mol. The van der Waals surface area contributed by atoms with E-state index in [2.05, 4.69) is 40.2 Å². The second-order valence-electron chi connectivity index (χ2n) is 6.45. The summed E-state index contributed by atoms with van der Waals surface area (Å²) in [6.07, 6.45) is 1.87. The van der Waals surface area contributed by atoms with Crippen LogP contribution in [0.2, 0.25) is 10.0 Å². The Balaban J connectivity index is 1.70. The molecule has 4 heteroatoms. The standard InChI is InChI=1S/C22H14Cl2N2/c23-16-4-2-5-17(10-16)26-12-20-18-11-19-14(3-1-6-21(19)24)9-15(18)7-8-22(20)25-13-26/h1-11,13H,12H2. The van der Waals surface area contributed by atoms with Gasteiger partial charge in [-0.3, -0.25) is 0 Å². The van der Waals surface area contributed by atoms with Crippen LogP contribution >= 0.6 is 23.2 Å². The van der Waals surface area contributed by atoms with Crippen LogP contribution in [0.3, 0.4) is 0 Å². The molecule has 0 bridgehead atoms. The van der Waals surface area contributed by atoms with E-state index in [1.165, 1.54) is 16.3 Å². The number of rotatable bonds is 1. The summed E-state index contributed by atoms with van der Waals surface area (Å²) in [6.45, 7) is 0.743. The van der Waals surface area contributed by atoms with Crippen LogP contribution in [0.5, 0.6) is 0 Å². The van der Waals surface area contributed by atoms with Crippen molar-refractivity contribution in [1.29, 1.82) is 0 Å². The van der Waals surface area contributed by atoms with Crippen LogP contribution < -0.4 is 4.90 Å². The van der Waals surface area contributed by atoms with Crippen molar-refractivity contribution < 1.29 is 0 Å². The summed E-state index contributed by atoms with van der Waals surface area (Å²) in [4.78, 5) is 6.77. The quantitative estimate of drug-likeness (QED) is 0.327. The van der Waals surface area contributed by atoms with E-state index in [4.69, 9.17) is 23.2 Å². The van der Waals surface area contributed by atoms with Gasteiger partial charge in [0.25, 0.3) is 0 Å². The van der Waals surface area contributed by atoms with Gasteiger partial charge in [0.1, 0.15) is 0 Å². The van der Waals surface area contributed by atoms with Crippen LogP contribution in [0, 0.1) is 0 Å². The first-order valence-corrected chi connectivity index (χ1v) is 9.15. The molecule has 0 spiro atoms. The van der Waals surface area contributed by atoms with Gasteiger partial charge >= 0.3 is 0 Å². The fourth-order valence-electron chi connectivity index (χ4n) is 3.55. The van der Waals surface area contributed by atoms with Gasteiger partial charge in [-0.2, -0.15) is 0 Å². The first-order chi connectivity index (χ1) is 12.7. The number of benzene rings is 4. The van der Waals surface area contributed by atoms with Crippen LogP contribution in [0.4, 0.5) is 11.4 Å². The largest absolute Gasteiger partial charge is 0.328 e. The van der Waals surface area contributed by atoms with Gasteiger partial charge in [-0.1, -0.05) is 47.5 Å². The molecule has 0 fully saturated rings. The lowest BCUT2D eigenvalue weighted by Gasteiger charge is -2.26. The van der Waals surface area contributed by atoms with Crippen LogP contribution in [-0.4, -0.2) is 6.34 Å². The molecule has 0 amide bonds. The van der Waals surface area contributed by atoms with Crippen molar-refractivity contribution in [2.24, 2.45) is 4.99 Å². The van der Waals surface area contributed by atoms with Crippen molar-refractivity contribution in [1.82, 2.24) is 0 Å². The average molecular weight is 377 g/mol. The maximum Gasteiger partial charge on any atom is 0.0960 e. The number of aliphatic imine (C=N–C) groups is 1. The van der Waals surface area contributed by atoms with Gasteiger partial charge < -0.3 is 4.90 Å². The van der Waals surface area contributed by atoms with Crippen LogP contribution in [0.15, 0.2) is 71.7 Å². The van der Waals surface area contributed by atoms with E-state index in [-0.39, 0.29) is 0 Å². The Morgan fingerprint density at radius 1 is 0.808 bits per heavy atom. The molecule has 4 aromatic carbocycles. The zero-order chi connectivity index (χ0) is 17.7. The molecule has 0 aromatic heterocycles. The molecule has 1 aliphatic heterocycles. The summed E-state index contributed by atoms with van der Waals surface area (Å²) < 4.78 is 0. The minimum absolute atomic E-state index is 0.720. The highest BCUT2D eigenvalue weighted by Gasteiger charge is 2.17. The molecule has 0 saturated carbocycles. The Kier molecular flexibility index (Phi) is 3.63. The van der Waals surface area contributed by atoms with E-state index in [0.717, 1.165) is 38.7 Å². The summed E-state index contributed by atoms with van der Waals surface area (Å²) in [5, 5.41) is 6.09. The molecule has 1 aliphatic rings. The fraction of sp³-hybridized carbons (Fsp3) is 0.0455. The zero-order valence-electron chi connectivity index (χ0n) is 13.8. The second-order valence-corrected chi connectivity index (χ2v) is 7.29. The van der Waals surface area contributed by atoms with Gasteiger partial charge in [0.15, 0.2) is 0 Å². The van der Waals surface area contributed by atoms with Gasteiger partial charge in [-0.25, -0.2) is 4.99 Å². The maximum atomic E-state index is 6.43. The molecule has 1 heterocycles. The Morgan fingerprint density at radius 3 is 2.54 bits per heavy atom. The van der Waals surface area contributed by atoms with Crippen molar-refractivity contribution >= 4 is 62.5 Å². The molecule has 5 rings (SSSR count). The molecule has 0 unspecified atom stereocenters. The third-order valence-electron chi connectivity index (χ3n) is 4.86. The van der Waals surface area contributed by atoms with E-state index in [1.54, 1.807) is 0 Å². The molecule has 0 radical (unpaired) electrons. The summed E-state index contributed by atoms with van der Waals surface area (Å²) in [5.74, 6) is 0. The summed E-state index contributed by atoms with van der Waals surface area (Å²) in [6, 6.07) is 22.4. The Morgan fingerprint density at radius 2 is 1.65 bits per heavy atom. The van der Waals surface area contributed by atoms with E-state index >= 15 is 0 Å². The Labute approximate surface area is 161 Å². The molecule has 0 N–H and O–H groups in total. The van der Waals surface area contributed by atoms with Gasteiger partial charge in [-0.05, 0) is 58.6 Å². The Hall–Kier alpha value is -2.55. The van der Waals surface area contributed by atoms with E-state index in [1.807, 2.05) is 42.7 Å². The third kappa shape index (κ3) is 2.54. The number of halogens is 2. The molecule has 0 aliphatic carbocycles. The summed E-state index contributed by atoms with van der Waals surface area (Å²) in [7, 11) is 0. The molecule has 0 saturated heterocycles. The normalized spacial score (nSPS) is 13.4. The SMILES string of the molecule is Clc1cccc(N2C=Nc3ccc4cc5cccc(Cl)c5cc4c3C2)c1. The number of nitrogens with zero attached hydrogens (tertiary/aromatic N) is 2. The maximum absolute atomic E-state index is 6.43. The molecule has 0 atom stereocenters. The van der Waals surface area contributed by atoms with Gasteiger partial charge in [0, 0.05) is 26.7 Å². The van der Waals surface area contributed by atoms with Crippen LogP contribution in [0.25, 0.3) is 21.5 Å². The van der Waals surface area contributed by atoms with Gasteiger partial charge in [0.05, 0.1) is 18.6 Å². The average Bonchev–Trinajstić information content (AvgIpc) is 2.66. The van der Waals surface area contributed by atoms with E-state index in [0.29, 0.717) is 0 Å². The first kappa shape index (κ1) is 15.7.